The number of azide groups is 1. The number of nitrogens with two attached hydrogens (primary N) is 1. The summed E-state index contributed by atoms with van der Waals surface area (Å²) in [4.78, 5) is 15.5. The van der Waals surface area contributed by atoms with E-state index in [4.69, 9.17) is 11.3 Å². The fourth-order valence-electron chi connectivity index (χ4n) is 1.40. The first-order valence-electron chi connectivity index (χ1n) is 5.14. The second-order valence-electron chi connectivity index (χ2n) is 3.91. The van der Waals surface area contributed by atoms with Gasteiger partial charge in [0.15, 0.2) is 0 Å². The van der Waals surface area contributed by atoms with E-state index in [0.717, 1.165) is 5.56 Å². The second kappa shape index (κ2) is 5.89. The molecule has 6 heteroatoms. The van der Waals surface area contributed by atoms with Crippen molar-refractivity contribution in [3.8, 4) is 0 Å². The normalized spacial score (nSPS) is 11.9. The van der Waals surface area contributed by atoms with E-state index >= 15 is 0 Å². The molecule has 0 saturated heterocycles. The van der Waals surface area contributed by atoms with Crippen molar-refractivity contribution in [2.45, 2.75) is 12.6 Å². The molecule has 1 amide bonds. The van der Waals surface area contributed by atoms with Crippen molar-refractivity contribution in [1.82, 2.24) is 4.90 Å². The van der Waals surface area contributed by atoms with Gasteiger partial charge in [0.25, 0.3) is 0 Å². The van der Waals surface area contributed by atoms with Gasteiger partial charge < -0.3 is 10.6 Å². The van der Waals surface area contributed by atoms with Gasteiger partial charge in [-0.1, -0.05) is 17.2 Å². The number of amides is 1. The number of hydrogen-bond donors (Lipinski definition) is 1. The monoisotopic (exact) mass is 233 g/mol. The van der Waals surface area contributed by atoms with E-state index in [1.54, 1.807) is 12.1 Å². The molecule has 0 bridgehead atoms. The first kappa shape index (κ1) is 13.0. The van der Waals surface area contributed by atoms with E-state index in [9.17, 15) is 4.79 Å². The molecule has 17 heavy (non-hydrogen) atoms. The van der Waals surface area contributed by atoms with Gasteiger partial charge in [0.05, 0.1) is 6.17 Å². The maximum Gasteiger partial charge on any atom is 0.248 e. The number of rotatable bonds is 5. The molecule has 6 nitrogen and oxygen atoms in total. The average molecular weight is 233 g/mol. The third kappa shape index (κ3) is 3.79. The van der Waals surface area contributed by atoms with Crippen molar-refractivity contribution in [3.05, 3.63) is 45.8 Å². The van der Waals surface area contributed by atoms with Crippen molar-refractivity contribution in [2.75, 3.05) is 14.1 Å². The number of carbonyl (C=O) groups is 1. The van der Waals surface area contributed by atoms with E-state index in [1.807, 2.05) is 31.1 Å². The summed E-state index contributed by atoms with van der Waals surface area (Å²) in [5, 5.41) is 3.69. The van der Waals surface area contributed by atoms with Crippen LogP contribution in [0.2, 0.25) is 0 Å². The summed E-state index contributed by atoms with van der Waals surface area (Å²) in [6.07, 6.45) is 0.357. The number of hydrogen-bond acceptors (Lipinski definition) is 3. The molecule has 1 aromatic carbocycles. The van der Waals surface area contributed by atoms with Crippen LogP contribution in [0.25, 0.3) is 10.4 Å². The standard InChI is InChI=1S/C11H15N5O/c1-16(2)10(14-15-13)7-8-3-5-9(6-4-8)11(12)17/h3-6,10H,7H2,1-2H3,(H2,12,17). The zero-order chi connectivity index (χ0) is 12.8. The first-order chi connectivity index (χ1) is 8.04. The Kier molecular flexibility index (Phi) is 4.51. The van der Waals surface area contributed by atoms with Gasteiger partial charge in [-0.05, 0) is 43.7 Å². The molecule has 0 aliphatic carbocycles. The summed E-state index contributed by atoms with van der Waals surface area (Å²) in [6.45, 7) is 0. The molecular formula is C11H15N5O. The molecule has 0 fully saturated rings. The molecule has 0 aromatic heterocycles. The van der Waals surface area contributed by atoms with Crippen LogP contribution in [-0.4, -0.2) is 31.1 Å². The molecule has 1 atom stereocenters. The minimum absolute atomic E-state index is 0.237. The van der Waals surface area contributed by atoms with Gasteiger partial charge >= 0.3 is 0 Å². The lowest BCUT2D eigenvalue weighted by atomic mass is 10.1. The van der Waals surface area contributed by atoms with Crippen LogP contribution in [0.15, 0.2) is 29.4 Å². The SMILES string of the molecule is CN(C)C(Cc1ccc(C(N)=O)cc1)N=[N+]=[N-]. The predicted molar refractivity (Wildman–Crippen MR) is 65.3 cm³/mol. The van der Waals surface area contributed by atoms with E-state index < -0.39 is 5.91 Å². The van der Waals surface area contributed by atoms with Gasteiger partial charge in [-0.2, -0.15) is 0 Å². The van der Waals surface area contributed by atoms with Crippen molar-refractivity contribution in [3.63, 3.8) is 0 Å². The maximum atomic E-state index is 10.9. The lowest BCUT2D eigenvalue weighted by molar-refractivity contribution is 0.100. The van der Waals surface area contributed by atoms with Gasteiger partial charge in [0.2, 0.25) is 5.91 Å². The Bertz CT molecular complexity index is 434. The Morgan fingerprint density at radius 3 is 2.47 bits per heavy atom. The quantitative estimate of drug-likeness (QED) is 0.474. The van der Waals surface area contributed by atoms with Crippen molar-refractivity contribution in [1.29, 1.82) is 0 Å². The van der Waals surface area contributed by atoms with E-state index in [0.29, 0.717) is 12.0 Å². The smallest absolute Gasteiger partial charge is 0.248 e. The molecule has 0 aliphatic heterocycles. The lowest BCUT2D eigenvalue weighted by Crippen LogP contribution is -2.27. The highest BCUT2D eigenvalue weighted by Crippen LogP contribution is 2.10. The summed E-state index contributed by atoms with van der Waals surface area (Å²) in [5.74, 6) is -0.448. The Balaban J connectivity index is 2.80. The van der Waals surface area contributed by atoms with Gasteiger partial charge in [-0.15, -0.1) is 0 Å². The molecule has 1 rings (SSSR count). The van der Waals surface area contributed by atoms with Gasteiger partial charge in [0.1, 0.15) is 0 Å². The lowest BCUT2D eigenvalue weighted by Gasteiger charge is -2.19. The van der Waals surface area contributed by atoms with Gasteiger partial charge in [-0.25, -0.2) is 0 Å². The summed E-state index contributed by atoms with van der Waals surface area (Å²) in [7, 11) is 3.69. The first-order valence-corrected chi connectivity index (χ1v) is 5.14. The summed E-state index contributed by atoms with van der Waals surface area (Å²) >= 11 is 0. The fourth-order valence-corrected chi connectivity index (χ4v) is 1.40. The minimum atomic E-state index is -0.448. The summed E-state index contributed by atoms with van der Waals surface area (Å²) < 4.78 is 0. The Morgan fingerprint density at radius 1 is 1.47 bits per heavy atom. The van der Waals surface area contributed by atoms with Crippen molar-refractivity contribution in [2.24, 2.45) is 10.8 Å². The number of primary amides is 1. The predicted octanol–water partition coefficient (Wildman–Crippen LogP) is 1.53. The molecule has 0 saturated carbocycles. The Hall–Kier alpha value is -2.04. The maximum absolute atomic E-state index is 10.9. The van der Waals surface area contributed by atoms with Crippen LogP contribution in [-0.2, 0) is 6.42 Å². The third-order valence-electron chi connectivity index (χ3n) is 2.44. The van der Waals surface area contributed by atoms with E-state index in [2.05, 4.69) is 10.0 Å². The minimum Gasteiger partial charge on any atom is -0.366 e. The van der Waals surface area contributed by atoms with Crippen LogP contribution in [0.5, 0.6) is 0 Å². The third-order valence-corrected chi connectivity index (χ3v) is 2.44. The highest BCUT2D eigenvalue weighted by Gasteiger charge is 2.10. The highest BCUT2D eigenvalue weighted by molar-refractivity contribution is 5.92. The molecule has 2 N–H and O–H groups in total. The number of carbonyl (C=O) groups excluding carboxylic acids is 1. The van der Waals surface area contributed by atoms with E-state index in [1.165, 1.54) is 0 Å². The van der Waals surface area contributed by atoms with Gasteiger partial charge in [0, 0.05) is 10.5 Å². The molecule has 0 radical (unpaired) electrons. The van der Waals surface area contributed by atoms with Crippen LogP contribution < -0.4 is 5.73 Å². The molecule has 0 heterocycles. The molecule has 1 aromatic rings. The Labute approximate surface area is 99.7 Å². The zero-order valence-electron chi connectivity index (χ0n) is 9.87. The van der Waals surface area contributed by atoms with Crippen molar-refractivity contribution < 1.29 is 4.79 Å². The fraction of sp³-hybridized carbons (Fsp3) is 0.364. The number of nitrogens with zero attached hydrogens (tertiary/aromatic N) is 4. The summed E-state index contributed by atoms with van der Waals surface area (Å²) in [6, 6.07) is 6.95. The topological polar surface area (TPSA) is 95.1 Å². The largest absolute Gasteiger partial charge is 0.366 e. The molecular weight excluding hydrogens is 218 g/mol. The zero-order valence-corrected chi connectivity index (χ0v) is 9.87. The second-order valence-corrected chi connectivity index (χ2v) is 3.91. The van der Waals surface area contributed by atoms with E-state index in [-0.39, 0.29) is 6.17 Å². The molecule has 0 spiro atoms. The summed E-state index contributed by atoms with van der Waals surface area (Å²) in [5.41, 5.74) is 15.1. The molecule has 1 unspecified atom stereocenters. The number of likely N-dealkylation sites (N-methyl/N-ethyl adjacent to an activating group) is 1. The molecule has 0 aliphatic rings. The van der Waals surface area contributed by atoms with Gasteiger partial charge in [-0.3, -0.25) is 4.79 Å². The van der Waals surface area contributed by atoms with Crippen LogP contribution >= 0.6 is 0 Å². The van der Waals surface area contributed by atoms with Crippen LogP contribution in [0, 0.1) is 0 Å². The number of benzene rings is 1. The van der Waals surface area contributed by atoms with Crippen LogP contribution in [0.1, 0.15) is 15.9 Å². The molecule has 90 valence electrons. The highest BCUT2D eigenvalue weighted by atomic mass is 16.1. The van der Waals surface area contributed by atoms with Crippen molar-refractivity contribution >= 4 is 5.91 Å². The van der Waals surface area contributed by atoms with Crippen LogP contribution in [0.3, 0.4) is 0 Å². The average Bonchev–Trinajstić information content (AvgIpc) is 2.29. The van der Waals surface area contributed by atoms with Crippen LogP contribution in [0.4, 0.5) is 0 Å². The Morgan fingerprint density at radius 2 is 2.06 bits per heavy atom.